The maximum atomic E-state index is 14.4. The number of rotatable bonds is 3. The fraction of sp³-hybridized carbons (Fsp3) is 0.111. The molecule has 1 aliphatic rings. The van der Waals surface area contributed by atoms with Crippen LogP contribution in [0, 0.1) is 5.82 Å². The van der Waals surface area contributed by atoms with Crippen LogP contribution in [0.15, 0.2) is 47.8 Å². The molecule has 1 aliphatic heterocycles. The lowest BCUT2D eigenvalue weighted by Crippen LogP contribution is -2.19. The third kappa shape index (κ3) is 2.88. The van der Waals surface area contributed by atoms with Crippen molar-refractivity contribution in [2.24, 2.45) is 0 Å². The highest BCUT2D eigenvalue weighted by Crippen LogP contribution is 2.33. The average Bonchev–Trinajstić information content (AvgIpc) is 3.03. The van der Waals surface area contributed by atoms with Crippen LogP contribution in [0.2, 0.25) is 0 Å². The Labute approximate surface area is 142 Å². The van der Waals surface area contributed by atoms with Crippen molar-refractivity contribution >= 4 is 33.8 Å². The molecular formula is C18H14FN3OS. The molecule has 0 saturated carbocycles. The van der Waals surface area contributed by atoms with Crippen molar-refractivity contribution in [2.45, 2.75) is 12.8 Å². The Morgan fingerprint density at radius 1 is 1.17 bits per heavy atom. The molecular weight excluding hydrogens is 325 g/mol. The SMILES string of the molecule is O=C1CCc2cc(-c3csc(Nc4ccccc4)n3)c(F)cc2N1. The molecule has 0 bridgehead atoms. The number of carbonyl (C=O) groups excluding carboxylic acids is 1. The first kappa shape index (κ1) is 14.8. The number of nitrogens with one attached hydrogen (secondary N) is 2. The minimum Gasteiger partial charge on any atom is -0.332 e. The molecule has 4 nitrogen and oxygen atoms in total. The number of halogens is 1. The highest BCUT2D eigenvalue weighted by molar-refractivity contribution is 7.14. The van der Waals surface area contributed by atoms with Crippen LogP contribution in [-0.2, 0) is 11.2 Å². The normalized spacial score (nSPS) is 13.3. The van der Waals surface area contributed by atoms with Gasteiger partial charge in [0.25, 0.3) is 0 Å². The summed E-state index contributed by atoms with van der Waals surface area (Å²) >= 11 is 1.43. The summed E-state index contributed by atoms with van der Waals surface area (Å²) in [4.78, 5) is 15.9. The maximum Gasteiger partial charge on any atom is 0.224 e. The van der Waals surface area contributed by atoms with Crippen LogP contribution in [0.1, 0.15) is 12.0 Å². The number of nitrogens with zero attached hydrogens (tertiary/aromatic N) is 1. The maximum absolute atomic E-state index is 14.4. The van der Waals surface area contributed by atoms with Crippen molar-refractivity contribution in [3.8, 4) is 11.3 Å². The lowest BCUT2D eigenvalue weighted by molar-refractivity contribution is -0.116. The molecule has 1 amide bonds. The monoisotopic (exact) mass is 339 g/mol. The van der Waals surface area contributed by atoms with Crippen molar-refractivity contribution in [2.75, 3.05) is 10.6 Å². The van der Waals surface area contributed by atoms with Gasteiger partial charge in [-0.1, -0.05) is 18.2 Å². The number of thiazole rings is 1. The summed E-state index contributed by atoms with van der Waals surface area (Å²) in [6.07, 6.45) is 1.05. The molecule has 4 rings (SSSR count). The number of amides is 1. The third-order valence-electron chi connectivity index (χ3n) is 3.89. The fourth-order valence-electron chi connectivity index (χ4n) is 2.70. The van der Waals surface area contributed by atoms with Gasteiger partial charge in [-0.15, -0.1) is 11.3 Å². The van der Waals surface area contributed by atoms with Crippen molar-refractivity contribution < 1.29 is 9.18 Å². The number of fused-ring (bicyclic) bond motifs is 1. The molecule has 3 aromatic rings. The standard InChI is InChI=1S/C18H14FN3OS/c19-14-9-15-11(6-7-17(23)21-15)8-13(14)16-10-24-18(22-16)20-12-4-2-1-3-5-12/h1-5,8-10H,6-7H2,(H,20,22)(H,21,23). The minimum atomic E-state index is -0.382. The summed E-state index contributed by atoms with van der Waals surface area (Å²) in [5.41, 5.74) is 3.49. The van der Waals surface area contributed by atoms with Crippen molar-refractivity contribution in [1.82, 2.24) is 4.98 Å². The van der Waals surface area contributed by atoms with Gasteiger partial charge in [0.2, 0.25) is 5.91 Å². The molecule has 120 valence electrons. The quantitative estimate of drug-likeness (QED) is 0.734. The predicted octanol–water partition coefficient (Wildman–Crippen LogP) is 4.58. The molecule has 6 heteroatoms. The zero-order chi connectivity index (χ0) is 16.5. The van der Waals surface area contributed by atoms with Crippen LogP contribution in [-0.4, -0.2) is 10.9 Å². The van der Waals surface area contributed by atoms with Crippen molar-refractivity contribution in [3.05, 3.63) is 59.2 Å². The predicted molar refractivity (Wildman–Crippen MR) is 94.2 cm³/mol. The largest absolute Gasteiger partial charge is 0.332 e. The molecule has 2 N–H and O–H groups in total. The van der Waals surface area contributed by atoms with E-state index in [1.165, 1.54) is 17.4 Å². The molecule has 0 unspecified atom stereocenters. The van der Waals surface area contributed by atoms with E-state index in [9.17, 15) is 9.18 Å². The van der Waals surface area contributed by atoms with E-state index in [1.54, 1.807) is 6.07 Å². The van der Waals surface area contributed by atoms with Crippen LogP contribution in [0.25, 0.3) is 11.3 Å². The van der Waals surface area contributed by atoms with Crippen molar-refractivity contribution in [3.63, 3.8) is 0 Å². The van der Waals surface area contributed by atoms with E-state index in [-0.39, 0.29) is 11.7 Å². The Morgan fingerprint density at radius 2 is 2.00 bits per heavy atom. The van der Waals surface area contributed by atoms with E-state index in [1.807, 2.05) is 35.7 Å². The highest BCUT2D eigenvalue weighted by Gasteiger charge is 2.19. The number of anilines is 3. The summed E-state index contributed by atoms with van der Waals surface area (Å²) in [6, 6.07) is 12.9. The number of hydrogen-bond acceptors (Lipinski definition) is 4. The van der Waals surface area contributed by atoms with Crippen LogP contribution < -0.4 is 10.6 Å². The smallest absolute Gasteiger partial charge is 0.224 e. The molecule has 1 aromatic heterocycles. The zero-order valence-corrected chi connectivity index (χ0v) is 13.5. The topological polar surface area (TPSA) is 54.0 Å². The number of para-hydroxylation sites is 1. The Kier molecular flexibility index (Phi) is 3.74. The Hall–Kier alpha value is -2.73. The number of benzene rings is 2. The lowest BCUT2D eigenvalue weighted by Gasteiger charge is -2.17. The fourth-order valence-corrected chi connectivity index (χ4v) is 3.43. The molecule has 24 heavy (non-hydrogen) atoms. The number of aryl methyl sites for hydroxylation is 1. The van der Waals surface area contributed by atoms with Gasteiger partial charge in [0.05, 0.1) is 5.69 Å². The van der Waals surface area contributed by atoms with Crippen molar-refractivity contribution in [1.29, 1.82) is 0 Å². The number of aromatic nitrogens is 1. The van der Waals surface area contributed by atoms with Gasteiger partial charge in [-0.25, -0.2) is 9.37 Å². The molecule has 0 saturated heterocycles. The Morgan fingerprint density at radius 3 is 2.83 bits per heavy atom. The van der Waals surface area contributed by atoms with E-state index in [0.717, 1.165) is 11.3 Å². The summed E-state index contributed by atoms with van der Waals surface area (Å²) in [5, 5.41) is 8.46. The molecule has 0 fully saturated rings. The van der Waals surface area contributed by atoms with E-state index in [2.05, 4.69) is 15.6 Å². The summed E-state index contributed by atoms with van der Waals surface area (Å²) in [7, 11) is 0. The first-order chi connectivity index (χ1) is 11.7. The lowest BCUT2D eigenvalue weighted by atomic mass is 9.99. The molecule has 2 heterocycles. The summed E-state index contributed by atoms with van der Waals surface area (Å²) in [5.74, 6) is -0.454. The highest BCUT2D eigenvalue weighted by atomic mass is 32.1. The van der Waals surface area contributed by atoms with Gasteiger partial charge in [-0.3, -0.25) is 4.79 Å². The van der Waals surface area contributed by atoms with E-state index < -0.39 is 0 Å². The second-order valence-electron chi connectivity index (χ2n) is 5.57. The molecule has 0 spiro atoms. The van der Waals surface area contributed by atoms with Gasteiger partial charge < -0.3 is 10.6 Å². The van der Waals surface area contributed by atoms with E-state index in [0.29, 0.717) is 34.9 Å². The van der Waals surface area contributed by atoms with Gasteiger partial charge in [0, 0.05) is 28.7 Å². The van der Waals surface area contributed by atoms with Crippen LogP contribution in [0.5, 0.6) is 0 Å². The Balaban J connectivity index is 1.64. The first-order valence-corrected chi connectivity index (χ1v) is 8.47. The number of carbonyl (C=O) groups is 1. The van der Waals surface area contributed by atoms with Crippen LogP contribution in [0.3, 0.4) is 0 Å². The zero-order valence-electron chi connectivity index (χ0n) is 12.7. The van der Waals surface area contributed by atoms with Gasteiger partial charge in [0.1, 0.15) is 5.82 Å². The van der Waals surface area contributed by atoms with Crippen LogP contribution >= 0.6 is 11.3 Å². The number of hydrogen-bond donors (Lipinski definition) is 2. The van der Waals surface area contributed by atoms with Gasteiger partial charge in [-0.2, -0.15) is 0 Å². The first-order valence-electron chi connectivity index (χ1n) is 7.59. The molecule has 2 aromatic carbocycles. The van der Waals surface area contributed by atoms with Gasteiger partial charge >= 0.3 is 0 Å². The summed E-state index contributed by atoms with van der Waals surface area (Å²) in [6.45, 7) is 0. The average molecular weight is 339 g/mol. The summed E-state index contributed by atoms with van der Waals surface area (Å²) < 4.78 is 14.4. The second-order valence-corrected chi connectivity index (χ2v) is 6.42. The molecule has 0 atom stereocenters. The molecule has 0 aliphatic carbocycles. The second kappa shape index (κ2) is 6.05. The minimum absolute atomic E-state index is 0.0716. The molecule has 0 radical (unpaired) electrons. The van der Waals surface area contributed by atoms with E-state index >= 15 is 0 Å². The van der Waals surface area contributed by atoms with E-state index in [4.69, 9.17) is 0 Å². The Bertz CT molecular complexity index is 908. The third-order valence-corrected chi connectivity index (χ3v) is 4.65. The van der Waals surface area contributed by atoms with Gasteiger partial charge in [0.15, 0.2) is 5.13 Å². The van der Waals surface area contributed by atoms with Crippen LogP contribution in [0.4, 0.5) is 20.9 Å². The van der Waals surface area contributed by atoms with Gasteiger partial charge in [-0.05, 0) is 36.2 Å².